The van der Waals surface area contributed by atoms with Crippen LogP contribution in [0.3, 0.4) is 0 Å². The number of phenolic OH excluding ortho intramolecular Hbond substituents is 1. The van der Waals surface area contributed by atoms with E-state index in [9.17, 15) is 5.11 Å². The molecular weight excluding hydrogens is 511 g/mol. The number of aromatic hydroxyl groups is 1. The molecule has 146 valence electrons. The third-order valence-corrected chi connectivity index (χ3v) is 5.82. The fourth-order valence-corrected chi connectivity index (χ4v) is 4.02. The Hall–Kier alpha value is -2.90. The zero-order valence-corrected chi connectivity index (χ0v) is 18.4. The van der Waals surface area contributed by atoms with Crippen LogP contribution < -0.4 is 0 Å². The van der Waals surface area contributed by atoms with Crippen LogP contribution in [0.5, 0.6) is 5.75 Å². The zero-order valence-electron chi connectivity index (χ0n) is 15.5. The van der Waals surface area contributed by atoms with Crippen LogP contribution >= 0.6 is 34.2 Å². The van der Waals surface area contributed by atoms with Crippen LogP contribution in [0, 0.1) is 3.57 Å². The topological polar surface area (TPSA) is 58.6 Å². The average molecular weight is 525 g/mol. The summed E-state index contributed by atoms with van der Waals surface area (Å²) in [4.78, 5) is 9.15. The van der Waals surface area contributed by atoms with Crippen molar-refractivity contribution in [1.29, 1.82) is 0 Å². The molecule has 0 bridgehead atoms. The molecule has 0 saturated carbocycles. The standard InChI is InChI=1S/C24H14ClIN2O2/c25-20-8-6-15(26)11-18(20)24-28-21-12-16(7-10-23(21)30-24)27-13-19-17-4-2-1-3-14(17)5-9-22(19)29/h1-13,29H. The van der Waals surface area contributed by atoms with Gasteiger partial charge in [0.05, 0.1) is 16.3 Å². The van der Waals surface area contributed by atoms with Gasteiger partial charge in [0.2, 0.25) is 5.89 Å². The Morgan fingerprint density at radius 2 is 1.87 bits per heavy atom. The Labute approximate surface area is 191 Å². The molecule has 0 fully saturated rings. The van der Waals surface area contributed by atoms with E-state index in [1.165, 1.54) is 0 Å². The van der Waals surface area contributed by atoms with Crippen LogP contribution in [0.25, 0.3) is 33.3 Å². The number of oxazole rings is 1. The van der Waals surface area contributed by atoms with Crippen molar-refractivity contribution < 1.29 is 9.52 Å². The Balaban J connectivity index is 1.54. The molecule has 0 aliphatic rings. The quantitative estimate of drug-likeness (QED) is 0.198. The number of aliphatic imine (C=N–C) groups is 1. The molecule has 0 atom stereocenters. The molecule has 30 heavy (non-hydrogen) atoms. The maximum absolute atomic E-state index is 10.3. The molecule has 0 aliphatic carbocycles. The number of aromatic nitrogens is 1. The van der Waals surface area contributed by atoms with Crippen molar-refractivity contribution in [3.8, 4) is 17.2 Å². The lowest BCUT2D eigenvalue weighted by molar-refractivity contribution is 0.475. The first-order valence-corrected chi connectivity index (χ1v) is 10.6. The molecular formula is C24H14ClIN2O2. The number of fused-ring (bicyclic) bond motifs is 2. The van der Waals surface area contributed by atoms with Crippen molar-refractivity contribution in [3.05, 3.63) is 87.0 Å². The van der Waals surface area contributed by atoms with Gasteiger partial charge in [0.25, 0.3) is 0 Å². The summed E-state index contributed by atoms with van der Waals surface area (Å²) in [6.45, 7) is 0. The van der Waals surface area contributed by atoms with Crippen molar-refractivity contribution in [3.63, 3.8) is 0 Å². The minimum absolute atomic E-state index is 0.190. The van der Waals surface area contributed by atoms with Crippen molar-refractivity contribution in [2.45, 2.75) is 0 Å². The Kier molecular flexibility index (Phi) is 4.92. The van der Waals surface area contributed by atoms with E-state index in [0.717, 1.165) is 19.9 Å². The van der Waals surface area contributed by atoms with E-state index in [1.807, 2.05) is 66.7 Å². The minimum atomic E-state index is 0.190. The number of hydrogen-bond donors (Lipinski definition) is 1. The third-order valence-electron chi connectivity index (χ3n) is 4.82. The van der Waals surface area contributed by atoms with Crippen LogP contribution in [0.4, 0.5) is 5.69 Å². The fraction of sp³-hybridized carbons (Fsp3) is 0. The lowest BCUT2D eigenvalue weighted by atomic mass is 10.0. The maximum Gasteiger partial charge on any atom is 0.228 e. The second-order valence-electron chi connectivity index (χ2n) is 6.77. The Morgan fingerprint density at radius 1 is 1.00 bits per heavy atom. The zero-order chi connectivity index (χ0) is 20.7. The molecule has 0 unspecified atom stereocenters. The number of nitrogens with zero attached hydrogens (tertiary/aromatic N) is 2. The molecule has 5 aromatic rings. The number of halogens is 2. The van der Waals surface area contributed by atoms with E-state index in [0.29, 0.717) is 33.3 Å². The summed E-state index contributed by atoms with van der Waals surface area (Å²) in [5.41, 5.74) is 3.50. The van der Waals surface area contributed by atoms with Gasteiger partial charge >= 0.3 is 0 Å². The first kappa shape index (κ1) is 19.1. The monoisotopic (exact) mass is 524 g/mol. The van der Waals surface area contributed by atoms with E-state index in [-0.39, 0.29) is 5.75 Å². The number of hydrogen-bond acceptors (Lipinski definition) is 4. The fourth-order valence-electron chi connectivity index (χ4n) is 3.33. The van der Waals surface area contributed by atoms with Gasteiger partial charge in [-0.3, -0.25) is 4.99 Å². The molecule has 0 spiro atoms. The van der Waals surface area contributed by atoms with E-state index in [2.05, 4.69) is 32.6 Å². The molecule has 1 heterocycles. The Morgan fingerprint density at radius 3 is 2.77 bits per heavy atom. The smallest absolute Gasteiger partial charge is 0.228 e. The normalized spacial score (nSPS) is 11.7. The van der Waals surface area contributed by atoms with Gasteiger partial charge in [-0.1, -0.05) is 41.9 Å². The first-order valence-electron chi connectivity index (χ1n) is 9.19. The lowest BCUT2D eigenvalue weighted by Gasteiger charge is -2.04. The highest BCUT2D eigenvalue weighted by molar-refractivity contribution is 14.1. The summed E-state index contributed by atoms with van der Waals surface area (Å²) in [5, 5.41) is 12.9. The average Bonchev–Trinajstić information content (AvgIpc) is 3.18. The molecule has 0 radical (unpaired) electrons. The van der Waals surface area contributed by atoms with Crippen LogP contribution in [0.15, 0.2) is 82.2 Å². The summed E-state index contributed by atoms with van der Waals surface area (Å²) >= 11 is 8.55. The van der Waals surface area contributed by atoms with E-state index < -0.39 is 0 Å². The minimum Gasteiger partial charge on any atom is -0.507 e. The summed E-state index contributed by atoms with van der Waals surface area (Å²) in [6.07, 6.45) is 1.68. The number of rotatable bonds is 3. The van der Waals surface area contributed by atoms with Gasteiger partial charge in [-0.25, -0.2) is 4.98 Å². The highest BCUT2D eigenvalue weighted by atomic mass is 127. The van der Waals surface area contributed by atoms with Crippen molar-refractivity contribution in [2.24, 2.45) is 4.99 Å². The van der Waals surface area contributed by atoms with Crippen LogP contribution in [0.1, 0.15) is 5.56 Å². The summed E-state index contributed by atoms with van der Waals surface area (Å²) in [5.74, 6) is 0.664. The molecule has 0 aliphatic heterocycles. The van der Waals surface area contributed by atoms with E-state index in [1.54, 1.807) is 12.3 Å². The van der Waals surface area contributed by atoms with Crippen LogP contribution in [-0.4, -0.2) is 16.3 Å². The number of phenols is 1. The van der Waals surface area contributed by atoms with Gasteiger partial charge < -0.3 is 9.52 Å². The predicted octanol–water partition coefficient (Wildman–Crippen LogP) is 7.36. The predicted molar refractivity (Wildman–Crippen MR) is 130 cm³/mol. The molecule has 4 aromatic carbocycles. The van der Waals surface area contributed by atoms with Crippen molar-refractivity contribution in [1.82, 2.24) is 4.98 Å². The van der Waals surface area contributed by atoms with Crippen molar-refractivity contribution in [2.75, 3.05) is 0 Å². The molecule has 0 amide bonds. The lowest BCUT2D eigenvalue weighted by Crippen LogP contribution is -1.85. The van der Waals surface area contributed by atoms with Crippen LogP contribution in [0.2, 0.25) is 5.02 Å². The Bertz CT molecular complexity index is 1440. The number of benzene rings is 4. The highest BCUT2D eigenvalue weighted by Gasteiger charge is 2.13. The SMILES string of the molecule is Oc1ccc2ccccc2c1C=Nc1ccc2oc(-c3cc(I)ccc3Cl)nc2c1. The largest absolute Gasteiger partial charge is 0.507 e. The van der Waals surface area contributed by atoms with Gasteiger partial charge in [0.1, 0.15) is 11.3 Å². The molecule has 6 heteroatoms. The van der Waals surface area contributed by atoms with Crippen molar-refractivity contribution >= 4 is 68.0 Å². The van der Waals surface area contributed by atoms with Gasteiger partial charge in [-0.2, -0.15) is 0 Å². The molecule has 5 rings (SSSR count). The van der Waals surface area contributed by atoms with Gasteiger partial charge in [-0.05, 0) is 75.8 Å². The third kappa shape index (κ3) is 3.55. The molecule has 1 N–H and O–H groups in total. The second kappa shape index (κ2) is 7.74. The summed E-state index contributed by atoms with van der Waals surface area (Å²) in [6, 6.07) is 22.7. The van der Waals surface area contributed by atoms with Gasteiger partial charge in [-0.15, -0.1) is 0 Å². The van der Waals surface area contributed by atoms with E-state index >= 15 is 0 Å². The van der Waals surface area contributed by atoms with E-state index in [4.69, 9.17) is 16.0 Å². The summed E-state index contributed by atoms with van der Waals surface area (Å²) in [7, 11) is 0. The molecule has 0 saturated heterocycles. The van der Waals surface area contributed by atoms with Gasteiger partial charge in [0, 0.05) is 15.3 Å². The molecule has 1 aromatic heterocycles. The first-order chi connectivity index (χ1) is 14.6. The van der Waals surface area contributed by atoms with Crippen LogP contribution in [-0.2, 0) is 0 Å². The second-order valence-corrected chi connectivity index (χ2v) is 8.43. The molecule has 4 nitrogen and oxygen atoms in total. The maximum atomic E-state index is 10.3. The summed E-state index contributed by atoms with van der Waals surface area (Å²) < 4.78 is 6.94. The highest BCUT2D eigenvalue weighted by Crippen LogP contribution is 2.33. The van der Waals surface area contributed by atoms with Gasteiger partial charge in [0.15, 0.2) is 5.58 Å².